The maximum Gasteiger partial charge on any atom is 0.169 e. The topological polar surface area (TPSA) is 3.88 Å². The van der Waals surface area contributed by atoms with Crippen molar-refractivity contribution in [2.24, 2.45) is 0 Å². The van der Waals surface area contributed by atoms with Gasteiger partial charge in [-0.3, -0.25) is 0 Å². The summed E-state index contributed by atoms with van der Waals surface area (Å²) in [5.74, 6) is 0. The summed E-state index contributed by atoms with van der Waals surface area (Å²) in [6.45, 7) is 5.26. The molecule has 94 valence electrons. The zero-order valence-corrected chi connectivity index (χ0v) is 13.2. The van der Waals surface area contributed by atoms with Crippen molar-refractivity contribution in [3.8, 4) is 0 Å². The molecule has 0 fully saturated rings. The standard InChI is InChI=1S/C16H18N.HI/c1-3-17-12-10-16(11-13-17)9-8-15-6-4-14(2)5-7-15;/h4-13H,3H2,1-2H3;1H/q+1;. The van der Waals surface area contributed by atoms with Crippen LogP contribution in [0.5, 0.6) is 0 Å². The molecule has 0 N–H and O–H groups in total. The molecule has 0 unspecified atom stereocenters. The van der Waals surface area contributed by atoms with Crippen LogP contribution in [0.1, 0.15) is 23.6 Å². The van der Waals surface area contributed by atoms with E-state index in [1.165, 1.54) is 16.7 Å². The predicted molar refractivity (Wildman–Crippen MR) is 87.8 cm³/mol. The molecule has 0 aliphatic rings. The first-order chi connectivity index (χ1) is 8.28. The van der Waals surface area contributed by atoms with E-state index in [0.717, 1.165) is 6.54 Å². The van der Waals surface area contributed by atoms with Crippen molar-refractivity contribution < 1.29 is 4.57 Å². The van der Waals surface area contributed by atoms with Gasteiger partial charge in [0.05, 0.1) is 0 Å². The molecule has 2 heteroatoms. The van der Waals surface area contributed by atoms with Crippen molar-refractivity contribution in [3.05, 3.63) is 65.5 Å². The number of aromatic nitrogens is 1. The maximum atomic E-state index is 2.16. The number of benzene rings is 1. The third-order valence-corrected chi connectivity index (χ3v) is 2.83. The SMILES string of the molecule is CC[n+]1ccc(C=Cc2ccc(C)cc2)cc1.I. The van der Waals surface area contributed by atoms with Crippen molar-refractivity contribution in [2.75, 3.05) is 0 Å². The Hall–Kier alpha value is -1.16. The van der Waals surface area contributed by atoms with E-state index in [2.05, 4.69) is 79.4 Å². The summed E-state index contributed by atoms with van der Waals surface area (Å²) in [5.41, 5.74) is 3.77. The Morgan fingerprint density at radius 2 is 1.39 bits per heavy atom. The fraction of sp³-hybridized carbons (Fsp3) is 0.188. The average Bonchev–Trinajstić information content (AvgIpc) is 2.39. The number of hydrogen-bond donors (Lipinski definition) is 0. The molecule has 0 amide bonds. The first-order valence-corrected chi connectivity index (χ1v) is 6.02. The van der Waals surface area contributed by atoms with Gasteiger partial charge in [0, 0.05) is 12.1 Å². The summed E-state index contributed by atoms with van der Waals surface area (Å²) < 4.78 is 2.16. The van der Waals surface area contributed by atoms with Gasteiger partial charge >= 0.3 is 0 Å². The summed E-state index contributed by atoms with van der Waals surface area (Å²) in [6, 6.07) is 12.8. The van der Waals surface area contributed by atoms with Gasteiger partial charge in [-0.1, -0.05) is 42.0 Å². The number of halogens is 1. The van der Waals surface area contributed by atoms with Gasteiger partial charge in [0.2, 0.25) is 0 Å². The molecule has 0 aliphatic heterocycles. The molecule has 1 nitrogen and oxygen atoms in total. The van der Waals surface area contributed by atoms with Crippen LogP contribution in [0.15, 0.2) is 48.8 Å². The molecule has 0 saturated carbocycles. The molecule has 0 bridgehead atoms. The Bertz CT molecular complexity index is 498. The van der Waals surface area contributed by atoms with Gasteiger partial charge in [0.15, 0.2) is 12.4 Å². The van der Waals surface area contributed by atoms with Crippen molar-refractivity contribution in [3.63, 3.8) is 0 Å². The Labute approximate surface area is 126 Å². The second-order valence-corrected chi connectivity index (χ2v) is 4.21. The number of hydrogen-bond acceptors (Lipinski definition) is 0. The average molecular weight is 352 g/mol. The third kappa shape index (κ3) is 4.26. The van der Waals surface area contributed by atoms with Crippen LogP contribution in [0.4, 0.5) is 0 Å². The highest BCUT2D eigenvalue weighted by Crippen LogP contribution is 2.08. The largest absolute Gasteiger partial charge is 0.205 e. The molecule has 0 atom stereocenters. The zero-order valence-electron chi connectivity index (χ0n) is 10.8. The summed E-state index contributed by atoms with van der Waals surface area (Å²) in [5, 5.41) is 0. The molecule has 0 saturated heterocycles. The van der Waals surface area contributed by atoms with Crippen LogP contribution in [0.2, 0.25) is 0 Å². The summed E-state index contributed by atoms with van der Waals surface area (Å²) in [4.78, 5) is 0. The van der Waals surface area contributed by atoms with Crippen LogP contribution in [-0.2, 0) is 6.54 Å². The molecular formula is C16H19IN+. The first-order valence-electron chi connectivity index (χ1n) is 6.02. The third-order valence-electron chi connectivity index (χ3n) is 2.83. The monoisotopic (exact) mass is 352 g/mol. The molecule has 1 heterocycles. The number of nitrogens with zero attached hydrogens (tertiary/aromatic N) is 1. The molecule has 1 aromatic carbocycles. The van der Waals surface area contributed by atoms with Crippen molar-refractivity contribution in [2.45, 2.75) is 20.4 Å². The Kier molecular flexibility index (Phi) is 6.05. The highest BCUT2D eigenvalue weighted by molar-refractivity contribution is 14.0. The zero-order chi connectivity index (χ0) is 12.1. The first kappa shape index (κ1) is 14.9. The second kappa shape index (κ2) is 7.31. The summed E-state index contributed by atoms with van der Waals surface area (Å²) in [6.07, 6.45) is 8.50. The van der Waals surface area contributed by atoms with E-state index in [4.69, 9.17) is 0 Å². The molecular weight excluding hydrogens is 333 g/mol. The van der Waals surface area contributed by atoms with Crippen molar-refractivity contribution in [1.82, 2.24) is 0 Å². The maximum absolute atomic E-state index is 2.16. The van der Waals surface area contributed by atoms with Crippen molar-refractivity contribution in [1.29, 1.82) is 0 Å². The van der Waals surface area contributed by atoms with E-state index < -0.39 is 0 Å². The molecule has 0 spiro atoms. The van der Waals surface area contributed by atoms with Crippen LogP contribution < -0.4 is 4.57 Å². The molecule has 2 rings (SSSR count). The smallest absolute Gasteiger partial charge is 0.169 e. The number of pyridine rings is 1. The molecule has 2 aromatic rings. The highest BCUT2D eigenvalue weighted by atomic mass is 127. The van der Waals surface area contributed by atoms with Crippen LogP contribution in [0.25, 0.3) is 12.2 Å². The van der Waals surface area contributed by atoms with Crippen LogP contribution >= 0.6 is 24.0 Å². The Balaban J connectivity index is 0.00000162. The lowest BCUT2D eigenvalue weighted by atomic mass is 10.1. The van der Waals surface area contributed by atoms with E-state index in [-0.39, 0.29) is 24.0 Å². The predicted octanol–water partition coefficient (Wildman–Crippen LogP) is 4.09. The highest BCUT2D eigenvalue weighted by Gasteiger charge is 1.94. The minimum atomic E-state index is 0. The lowest BCUT2D eigenvalue weighted by molar-refractivity contribution is -0.693. The van der Waals surface area contributed by atoms with E-state index in [1.807, 2.05) is 0 Å². The van der Waals surface area contributed by atoms with E-state index in [9.17, 15) is 0 Å². The van der Waals surface area contributed by atoms with Gasteiger partial charge in [-0.15, -0.1) is 24.0 Å². The van der Waals surface area contributed by atoms with Gasteiger partial charge in [0.1, 0.15) is 6.54 Å². The second-order valence-electron chi connectivity index (χ2n) is 4.21. The Morgan fingerprint density at radius 1 is 0.889 bits per heavy atom. The van der Waals surface area contributed by atoms with E-state index in [1.54, 1.807) is 0 Å². The Morgan fingerprint density at radius 3 is 1.89 bits per heavy atom. The van der Waals surface area contributed by atoms with Gasteiger partial charge in [-0.05, 0) is 25.0 Å². The van der Waals surface area contributed by atoms with Crippen molar-refractivity contribution >= 4 is 36.1 Å². The minimum absolute atomic E-state index is 0. The van der Waals surface area contributed by atoms with Gasteiger partial charge in [-0.25, -0.2) is 4.57 Å². The molecule has 0 radical (unpaired) electrons. The van der Waals surface area contributed by atoms with E-state index >= 15 is 0 Å². The summed E-state index contributed by atoms with van der Waals surface area (Å²) >= 11 is 0. The molecule has 1 aromatic heterocycles. The fourth-order valence-electron chi connectivity index (χ4n) is 1.66. The van der Waals surface area contributed by atoms with E-state index in [0.29, 0.717) is 0 Å². The fourth-order valence-corrected chi connectivity index (χ4v) is 1.66. The van der Waals surface area contributed by atoms with Gasteiger partial charge < -0.3 is 0 Å². The van der Waals surface area contributed by atoms with Gasteiger partial charge in [0.25, 0.3) is 0 Å². The molecule has 0 aliphatic carbocycles. The number of rotatable bonds is 3. The van der Waals surface area contributed by atoms with Gasteiger partial charge in [-0.2, -0.15) is 0 Å². The number of aryl methyl sites for hydroxylation is 2. The lowest BCUT2D eigenvalue weighted by Gasteiger charge is -1.95. The summed E-state index contributed by atoms with van der Waals surface area (Å²) in [7, 11) is 0. The van der Waals surface area contributed by atoms with Crippen LogP contribution in [-0.4, -0.2) is 0 Å². The lowest BCUT2D eigenvalue weighted by Crippen LogP contribution is -2.30. The van der Waals surface area contributed by atoms with Crippen LogP contribution in [0, 0.1) is 6.92 Å². The van der Waals surface area contributed by atoms with Crippen LogP contribution in [0.3, 0.4) is 0 Å². The normalized spacial score (nSPS) is 10.3. The molecule has 18 heavy (non-hydrogen) atoms. The minimum Gasteiger partial charge on any atom is -0.205 e. The quantitative estimate of drug-likeness (QED) is 0.579.